The molecule has 128 valence electrons. The lowest BCUT2D eigenvalue weighted by Crippen LogP contribution is -2.39. The molecule has 0 radical (unpaired) electrons. The lowest BCUT2D eigenvalue weighted by molar-refractivity contribution is -0.128. The molecule has 0 saturated heterocycles. The van der Waals surface area contributed by atoms with Crippen LogP contribution in [0.2, 0.25) is 0 Å². The molecule has 0 aliphatic rings. The van der Waals surface area contributed by atoms with Crippen LogP contribution < -0.4 is 10.1 Å². The molecule has 2 aromatic rings. The fraction of sp³-hybridized carbons (Fsp3) is 0.381. The SMILES string of the molecule is CCC(Oc1ccc(C)cc1)C(=O)NC(CC)c1ccc(C)cc1. The van der Waals surface area contributed by atoms with Crippen LogP contribution in [0.15, 0.2) is 48.5 Å². The first kappa shape index (κ1) is 18.1. The standard InChI is InChI=1S/C21H27NO2/c1-5-19(17-11-7-15(3)8-12-17)22-21(23)20(6-2)24-18-13-9-16(4)10-14-18/h7-14,19-20H,5-6H2,1-4H3,(H,22,23). The normalized spacial score (nSPS) is 13.2. The van der Waals surface area contributed by atoms with Crippen LogP contribution in [0.25, 0.3) is 0 Å². The summed E-state index contributed by atoms with van der Waals surface area (Å²) in [4.78, 5) is 12.6. The molecule has 0 fully saturated rings. The van der Waals surface area contributed by atoms with Gasteiger partial charge in [-0.25, -0.2) is 0 Å². The van der Waals surface area contributed by atoms with Crippen molar-refractivity contribution in [3.8, 4) is 5.75 Å². The second-order valence-corrected chi connectivity index (χ2v) is 6.21. The van der Waals surface area contributed by atoms with Crippen LogP contribution in [0.1, 0.15) is 49.4 Å². The van der Waals surface area contributed by atoms with Gasteiger partial charge in [-0.05, 0) is 44.4 Å². The lowest BCUT2D eigenvalue weighted by atomic mass is 10.0. The number of nitrogens with one attached hydrogen (secondary N) is 1. The highest BCUT2D eigenvalue weighted by atomic mass is 16.5. The van der Waals surface area contributed by atoms with Crippen molar-refractivity contribution >= 4 is 5.91 Å². The van der Waals surface area contributed by atoms with Crippen molar-refractivity contribution in [1.82, 2.24) is 5.32 Å². The van der Waals surface area contributed by atoms with E-state index in [0.717, 1.165) is 17.7 Å². The van der Waals surface area contributed by atoms with Gasteiger partial charge in [-0.1, -0.05) is 61.4 Å². The Morgan fingerprint density at radius 3 is 1.96 bits per heavy atom. The number of ether oxygens (including phenoxy) is 1. The molecule has 2 atom stereocenters. The fourth-order valence-corrected chi connectivity index (χ4v) is 2.59. The number of aryl methyl sites for hydroxylation is 2. The summed E-state index contributed by atoms with van der Waals surface area (Å²) in [5.41, 5.74) is 3.51. The van der Waals surface area contributed by atoms with Gasteiger partial charge in [0.25, 0.3) is 5.91 Å². The van der Waals surface area contributed by atoms with Crippen LogP contribution in [0, 0.1) is 13.8 Å². The molecule has 0 aliphatic carbocycles. The van der Waals surface area contributed by atoms with Crippen molar-refractivity contribution in [3.63, 3.8) is 0 Å². The predicted octanol–water partition coefficient (Wildman–Crippen LogP) is 4.73. The summed E-state index contributed by atoms with van der Waals surface area (Å²) in [6.07, 6.45) is 0.993. The first-order chi connectivity index (χ1) is 11.5. The van der Waals surface area contributed by atoms with Gasteiger partial charge >= 0.3 is 0 Å². The van der Waals surface area contributed by atoms with Gasteiger partial charge in [0.1, 0.15) is 5.75 Å². The fourth-order valence-electron chi connectivity index (χ4n) is 2.59. The monoisotopic (exact) mass is 325 g/mol. The minimum atomic E-state index is -0.479. The highest BCUT2D eigenvalue weighted by molar-refractivity contribution is 5.81. The van der Waals surface area contributed by atoms with Crippen LogP contribution in [0.5, 0.6) is 5.75 Å². The van der Waals surface area contributed by atoms with Crippen LogP contribution in [-0.4, -0.2) is 12.0 Å². The summed E-state index contributed by atoms with van der Waals surface area (Å²) in [7, 11) is 0. The Morgan fingerprint density at radius 1 is 0.917 bits per heavy atom. The Morgan fingerprint density at radius 2 is 1.46 bits per heavy atom. The average molecular weight is 325 g/mol. The molecule has 0 bridgehead atoms. The number of rotatable bonds is 7. The summed E-state index contributed by atoms with van der Waals surface area (Å²) in [6, 6.07) is 16.1. The van der Waals surface area contributed by atoms with Gasteiger partial charge in [0.2, 0.25) is 0 Å². The number of amides is 1. The van der Waals surface area contributed by atoms with Crippen LogP contribution in [-0.2, 0) is 4.79 Å². The Bertz CT molecular complexity index is 647. The summed E-state index contributed by atoms with van der Waals surface area (Å²) in [5.74, 6) is 0.663. The van der Waals surface area contributed by atoms with Gasteiger partial charge in [0, 0.05) is 0 Å². The van der Waals surface area contributed by atoms with Crippen molar-refractivity contribution in [2.45, 2.75) is 52.7 Å². The van der Waals surface area contributed by atoms with Crippen molar-refractivity contribution < 1.29 is 9.53 Å². The molecule has 3 heteroatoms. The number of hydrogen-bond donors (Lipinski definition) is 1. The third-order valence-electron chi connectivity index (χ3n) is 4.17. The zero-order valence-electron chi connectivity index (χ0n) is 15.0. The van der Waals surface area contributed by atoms with E-state index >= 15 is 0 Å². The van der Waals surface area contributed by atoms with Crippen molar-refractivity contribution in [1.29, 1.82) is 0 Å². The quantitative estimate of drug-likeness (QED) is 0.799. The largest absolute Gasteiger partial charge is 0.481 e. The predicted molar refractivity (Wildman–Crippen MR) is 98.2 cm³/mol. The molecule has 2 unspecified atom stereocenters. The minimum absolute atomic E-state index is 0.00812. The zero-order chi connectivity index (χ0) is 17.5. The lowest BCUT2D eigenvalue weighted by Gasteiger charge is -2.22. The van der Waals surface area contributed by atoms with E-state index in [-0.39, 0.29) is 11.9 Å². The molecule has 2 rings (SSSR count). The molecule has 0 aromatic heterocycles. The van der Waals surface area contributed by atoms with E-state index in [1.54, 1.807) is 0 Å². The summed E-state index contributed by atoms with van der Waals surface area (Å²) >= 11 is 0. The Hall–Kier alpha value is -2.29. The van der Waals surface area contributed by atoms with Gasteiger partial charge in [-0.2, -0.15) is 0 Å². The maximum Gasteiger partial charge on any atom is 0.261 e. The van der Waals surface area contributed by atoms with E-state index in [9.17, 15) is 4.79 Å². The molecule has 0 heterocycles. The van der Waals surface area contributed by atoms with Crippen LogP contribution >= 0.6 is 0 Å². The maximum absolute atomic E-state index is 12.6. The molecular formula is C21H27NO2. The number of carbonyl (C=O) groups excluding carboxylic acids is 1. The number of carbonyl (C=O) groups is 1. The van der Waals surface area contributed by atoms with Gasteiger partial charge in [0.05, 0.1) is 6.04 Å². The number of hydrogen-bond acceptors (Lipinski definition) is 2. The van der Waals surface area contributed by atoms with Gasteiger partial charge < -0.3 is 10.1 Å². The third-order valence-corrected chi connectivity index (χ3v) is 4.17. The first-order valence-electron chi connectivity index (χ1n) is 8.63. The van der Waals surface area contributed by atoms with Crippen LogP contribution in [0.3, 0.4) is 0 Å². The molecule has 1 N–H and O–H groups in total. The molecule has 0 spiro atoms. The summed E-state index contributed by atoms with van der Waals surface area (Å²) < 4.78 is 5.87. The van der Waals surface area contributed by atoms with Crippen LogP contribution in [0.4, 0.5) is 0 Å². The Labute approximate surface area is 145 Å². The van der Waals surface area contributed by atoms with Crippen molar-refractivity contribution in [2.75, 3.05) is 0 Å². The average Bonchev–Trinajstić information content (AvgIpc) is 2.59. The highest BCUT2D eigenvalue weighted by Gasteiger charge is 2.21. The van der Waals surface area contributed by atoms with E-state index < -0.39 is 6.10 Å². The second kappa shape index (κ2) is 8.53. The van der Waals surface area contributed by atoms with Gasteiger partial charge in [-0.3, -0.25) is 4.79 Å². The van der Waals surface area contributed by atoms with Crippen molar-refractivity contribution in [2.24, 2.45) is 0 Å². The smallest absolute Gasteiger partial charge is 0.261 e. The van der Waals surface area contributed by atoms with E-state index in [2.05, 4.69) is 43.4 Å². The molecule has 0 saturated carbocycles. The zero-order valence-corrected chi connectivity index (χ0v) is 15.0. The maximum atomic E-state index is 12.6. The van der Waals surface area contributed by atoms with E-state index in [0.29, 0.717) is 6.42 Å². The highest BCUT2D eigenvalue weighted by Crippen LogP contribution is 2.19. The van der Waals surface area contributed by atoms with E-state index in [1.807, 2.05) is 38.1 Å². The second-order valence-electron chi connectivity index (χ2n) is 6.21. The molecule has 3 nitrogen and oxygen atoms in total. The summed E-state index contributed by atoms with van der Waals surface area (Å²) in [5, 5.41) is 3.12. The number of benzene rings is 2. The van der Waals surface area contributed by atoms with E-state index in [4.69, 9.17) is 4.74 Å². The molecule has 1 amide bonds. The minimum Gasteiger partial charge on any atom is -0.481 e. The third kappa shape index (κ3) is 4.85. The topological polar surface area (TPSA) is 38.3 Å². The first-order valence-corrected chi connectivity index (χ1v) is 8.63. The van der Waals surface area contributed by atoms with Crippen molar-refractivity contribution in [3.05, 3.63) is 65.2 Å². The molecular weight excluding hydrogens is 298 g/mol. The van der Waals surface area contributed by atoms with Gasteiger partial charge in [-0.15, -0.1) is 0 Å². The van der Waals surface area contributed by atoms with Gasteiger partial charge in [0.15, 0.2) is 6.10 Å². The molecule has 2 aromatic carbocycles. The Kier molecular flexibility index (Phi) is 6.42. The van der Waals surface area contributed by atoms with E-state index in [1.165, 1.54) is 11.1 Å². The molecule has 24 heavy (non-hydrogen) atoms. The summed E-state index contributed by atoms with van der Waals surface area (Å²) in [6.45, 7) is 8.13. The molecule has 0 aliphatic heterocycles. The Balaban J connectivity index is 2.04.